The average Bonchev–Trinajstić information content (AvgIpc) is 3.02. The van der Waals surface area contributed by atoms with Gasteiger partial charge in [0.25, 0.3) is 5.91 Å². The molecule has 2 rings (SSSR count). The summed E-state index contributed by atoms with van der Waals surface area (Å²) in [7, 11) is 0. The van der Waals surface area contributed by atoms with E-state index in [9.17, 15) is 9.59 Å². The van der Waals surface area contributed by atoms with Gasteiger partial charge in [-0.15, -0.1) is 0 Å². The fourth-order valence-electron chi connectivity index (χ4n) is 2.19. The first-order valence-corrected chi connectivity index (χ1v) is 7.61. The molecule has 1 heterocycles. The number of furan rings is 1. The predicted molar refractivity (Wildman–Crippen MR) is 89.3 cm³/mol. The van der Waals surface area contributed by atoms with E-state index in [0.29, 0.717) is 0 Å². The Morgan fingerprint density at radius 2 is 1.83 bits per heavy atom. The number of anilines is 1. The fraction of sp³-hybridized carbons (Fsp3) is 0.333. The lowest BCUT2D eigenvalue weighted by Crippen LogP contribution is -2.47. The van der Waals surface area contributed by atoms with E-state index in [1.54, 1.807) is 12.1 Å². The highest BCUT2D eigenvalue weighted by Crippen LogP contribution is 2.15. The van der Waals surface area contributed by atoms with Gasteiger partial charge in [0.2, 0.25) is 5.91 Å². The Balaban J connectivity index is 2.09. The minimum atomic E-state index is -0.644. The van der Waals surface area contributed by atoms with Crippen LogP contribution in [0.3, 0.4) is 0 Å². The molecule has 1 unspecified atom stereocenters. The molecule has 5 heteroatoms. The molecule has 0 radical (unpaired) electrons. The Labute approximate surface area is 136 Å². The molecule has 23 heavy (non-hydrogen) atoms. The van der Waals surface area contributed by atoms with Crippen LogP contribution in [-0.4, -0.2) is 17.9 Å². The summed E-state index contributed by atoms with van der Waals surface area (Å²) in [5, 5.41) is 5.58. The second-order valence-corrected chi connectivity index (χ2v) is 5.96. The zero-order valence-electron chi connectivity index (χ0n) is 13.8. The summed E-state index contributed by atoms with van der Waals surface area (Å²) in [6, 6.07) is 8.28. The van der Waals surface area contributed by atoms with Gasteiger partial charge in [-0.2, -0.15) is 0 Å². The summed E-state index contributed by atoms with van der Waals surface area (Å²) in [4.78, 5) is 24.6. The molecule has 1 aromatic carbocycles. The first kappa shape index (κ1) is 16.8. The molecule has 5 nitrogen and oxygen atoms in total. The minimum Gasteiger partial charge on any atom is -0.459 e. The molecule has 0 saturated carbocycles. The van der Waals surface area contributed by atoms with Crippen LogP contribution in [0.4, 0.5) is 5.69 Å². The SMILES string of the molecule is Cc1ccc(NC(=O)C(NC(=O)c2ccco2)C(C)C)cc1C. The maximum Gasteiger partial charge on any atom is 0.287 e. The second kappa shape index (κ2) is 7.13. The minimum absolute atomic E-state index is 0.0551. The van der Waals surface area contributed by atoms with Crippen LogP contribution in [0.25, 0.3) is 0 Å². The first-order valence-electron chi connectivity index (χ1n) is 7.61. The number of amides is 2. The van der Waals surface area contributed by atoms with Gasteiger partial charge in [-0.3, -0.25) is 9.59 Å². The molecule has 0 aliphatic rings. The van der Waals surface area contributed by atoms with Gasteiger partial charge < -0.3 is 15.1 Å². The molecular formula is C18H22N2O3. The molecule has 2 amide bonds. The summed E-state index contributed by atoms with van der Waals surface area (Å²) >= 11 is 0. The summed E-state index contributed by atoms with van der Waals surface area (Å²) in [5.74, 6) is -0.512. The first-order chi connectivity index (χ1) is 10.9. The maximum absolute atomic E-state index is 12.5. The number of carbonyl (C=O) groups is 2. The fourth-order valence-corrected chi connectivity index (χ4v) is 2.19. The van der Waals surface area contributed by atoms with Crippen molar-refractivity contribution in [1.82, 2.24) is 5.32 Å². The standard InChI is InChI=1S/C18H22N2O3/c1-11(2)16(20-17(21)15-6-5-9-23-15)18(22)19-14-8-7-12(3)13(4)10-14/h5-11,16H,1-4H3,(H,19,22)(H,20,21). The van der Waals surface area contributed by atoms with E-state index in [0.717, 1.165) is 16.8 Å². The van der Waals surface area contributed by atoms with Crippen molar-refractivity contribution in [1.29, 1.82) is 0 Å². The van der Waals surface area contributed by atoms with Crippen LogP contribution in [0.15, 0.2) is 41.0 Å². The van der Waals surface area contributed by atoms with Crippen LogP contribution in [0.1, 0.15) is 35.5 Å². The Kier molecular flexibility index (Phi) is 5.21. The zero-order valence-corrected chi connectivity index (χ0v) is 13.8. The van der Waals surface area contributed by atoms with Gasteiger partial charge in [0.1, 0.15) is 6.04 Å². The van der Waals surface area contributed by atoms with E-state index in [1.165, 1.54) is 6.26 Å². The molecule has 122 valence electrons. The highest BCUT2D eigenvalue weighted by molar-refractivity contribution is 6.00. The molecular weight excluding hydrogens is 292 g/mol. The molecule has 0 aliphatic heterocycles. The number of benzene rings is 1. The normalized spacial score (nSPS) is 12.0. The van der Waals surface area contributed by atoms with Crippen LogP contribution in [0.5, 0.6) is 0 Å². The number of hydrogen-bond donors (Lipinski definition) is 2. The van der Waals surface area contributed by atoms with Crippen molar-refractivity contribution >= 4 is 17.5 Å². The largest absolute Gasteiger partial charge is 0.459 e. The number of hydrogen-bond acceptors (Lipinski definition) is 3. The molecule has 1 atom stereocenters. The van der Waals surface area contributed by atoms with Gasteiger partial charge in [-0.1, -0.05) is 19.9 Å². The summed E-state index contributed by atoms with van der Waals surface area (Å²) in [6.07, 6.45) is 1.43. The summed E-state index contributed by atoms with van der Waals surface area (Å²) in [6.45, 7) is 7.77. The van der Waals surface area contributed by atoms with Gasteiger partial charge >= 0.3 is 0 Å². The van der Waals surface area contributed by atoms with Crippen molar-refractivity contribution in [2.24, 2.45) is 5.92 Å². The summed E-state index contributed by atoms with van der Waals surface area (Å²) in [5.41, 5.74) is 2.98. The van der Waals surface area contributed by atoms with Crippen molar-refractivity contribution in [3.05, 3.63) is 53.5 Å². The van der Waals surface area contributed by atoms with Crippen molar-refractivity contribution in [2.75, 3.05) is 5.32 Å². The molecule has 2 N–H and O–H groups in total. The topological polar surface area (TPSA) is 71.3 Å². The lowest BCUT2D eigenvalue weighted by atomic mass is 10.0. The third kappa shape index (κ3) is 4.22. The van der Waals surface area contributed by atoms with Crippen molar-refractivity contribution in [3.8, 4) is 0 Å². The van der Waals surface area contributed by atoms with Crippen LogP contribution >= 0.6 is 0 Å². The van der Waals surface area contributed by atoms with Crippen molar-refractivity contribution in [2.45, 2.75) is 33.7 Å². The highest BCUT2D eigenvalue weighted by atomic mass is 16.3. The number of rotatable bonds is 5. The van der Waals surface area contributed by atoms with Crippen molar-refractivity contribution < 1.29 is 14.0 Å². The van der Waals surface area contributed by atoms with Gasteiger partial charge in [0.05, 0.1) is 6.26 Å². The number of carbonyl (C=O) groups excluding carboxylic acids is 2. The van der Waals surface area contributed by atoms with Gasteiger partial charge in [0, 0.05) is 5.69 Å². The third-order valence-corrected chi connectivity index (χ3v) is 3.76. The Morgan fingerprint density at radius 1 is 1.09 bits per heavy atom. The molecule has 1 aromatic heterocycles. The monoisotopic (exact) mass is 314 g/mol. The van der Waals surface area contributed by atoms with Gasteiger partial charge in [-0.25, -0.2) is 0 Å². The lowest BCUT2D eigenvalue weighted by Gasteiger charge is -2.21. The quantitative estimate of drug-likeness (QED) is 0.889. The Morgan fingerprint density at radius 3 is 2.39 bits per heavy atom. The van der Waals surface area contributed by atoms with Crippen LogP contribution in [0.2, 0.25) is 0 Å². The summed E-state index contributed by atoms with van der Waals surface area (Å²) < 4.78 is 5.06. The van der Waals surface area contributed by atoms with Crippen LogP contribution in [-0.2, 0) is 4.79 Å². The number of nitrogens with one attached hydrogen (secondary N) is 2. The Bertz CT molecular complexity index is 690. The number of aryl methyl sites for hydroxylation is 2. The smallest absolute Gasteiger partial charge is 0.287 e. The van der Waals surface area contributed by atoms with E-state index in [2.05, 4.69) is 10.6 Å². The molecule has 0 saturated heterocycles. The zero-order chi connectivity index (χ0) is 17.0. The van der Waals surface area contributed by atoms with Gasteiger partial charge in [0.15, 0.2) is 5.76 Å². The van der Waals surface area contributed by atoms with E-state index < -0.39 is 11.9 Å². The highest BCUT2D eigenvalue weighted by Gasteiger charge is 2.25. The predicted octanol–water partition coefficient (Wildman–Crippen LogP) is 3.29. The lowest BCUT2D eigenvalue weighted by molar-refractivity contribution is -0.118. The molecule has 2 aromatic rings. The van der Waals surface area contributed by atoms with Crippen LogP contribution < -0.4 is 10.6 Å². The molecule has 0 aliphatic carbocycles. The Hall–Kier alpha value is -2.56. The third-order valence-electron chi connectivity index (χ3n) is 3.76. The van der Waals surface area contributed by atoms with Crippen LogP contribution in [0, 0.1) is 19.8 Å². The maximum atomic E-state index is 12.5. The second-order valence-electron chi connectivity index (χ2n) is 5.96. The molecule has 0 spiro atoms. The molecule has 0 fully saturated rings. The van der Waals surface area contributed by atoms with E-state index in [-0.39, 0.29) is 17.6 Å². The van der Waals surface area contributed by atoms with Gasteiger partial charge in [-0.05, 0) is 55.2 Å². The van der Waals surface area contributed by atoms with E-state index in [4.69, 9.17) is 4.42 Å². The van der Waals surface area contributed by atoms with Crippen molar-refractivity contribution in [3.63, 3.8) is 0 Å². The van der Waals surface area contributed by atoms with E-state index >= 15 is 0 Å². The average molecular weight is 314 g/mol. The molecule has 0 bridgehead atoms. The van der Waals surface area contributed by atoms with E-state index in [1.807, 2.05) is 45.9 Å².